The van der Waals surface area contributed by atoms with E-state index in [1.54, 1.807) is 12.4 Å². The minimum absolute atomic E-state index is 0.113. The first-order valence-electron chi connectivity index (χ1n) is 7.41. The molecule has 0 spiro atoms. The van der Waals surface area contributed by atoms with Crippen LogP contribution in [0.2, 0.25) is 0 Å². The molecule has 1 aromatic heterocycles. The Kier molecular flexibility index (Phi) is 3.81. The van der Waals surface area contributed by atoms with E-state index in [9.17, 15) is 4.79 Å². The third-order valence-corrected chi connectivity index (χ3v) is 3.91. The minimum atomic E-state index is 0.113. The van der Waals surface area contributed by atoms with Crippen LogP contribution < -0.4 is 0 Å². The summed E-state index contributed by atoms with van der Waals surface area (Å²) in [4.78, 5) is 19.7. The molecule has 0 radical (unpaired) electrons. The lowest BCUT2D eigenvalue weighted by molar-refractivity contribution is -0.131. The van der Waals surface area contributed by atoms with E-state index in [4.69, 9.17) is 4.74 Å². The van der Waals surface area contributed by atoms with Gasteiger partial charge in [0.15, 0.2) is 0 Å². The van der Waals surface area contributed by atoms with E-state index in [0.29, 0.717) is 19.0 Å². The lowest BCUT2D eigenvalue weighted by Crippen LogP contribution is -2.60. The normalized spacial score (nSPS) is 27.1. The van der Waals surface area contributed by atoms with Crippen LogP contribution in [0.3, 0.4) is 0 Å². The number of nitrogens with one attached hydrogen (secondary N) is 1. The van der Waals surface area contributed by atoms with E-state index in [2.05, 4.69) is 23.7 Å². The van der Waals surface area contributed by atoms with Crippen molar-refractivity contribution in [2.24, 2.45) is 5.92 Å². The van der Waals surface area contributed by atoms with Crippen LogP contribution in [-0.2, 0) is 4.74 Å². The molecule has 2 unspecified atom stereocenters. The van der Waals surface area contributed by atoms with Gasteiger partial charge in [-0.3, -0.25) is 9.69 Å². The van der Waals surface area contributed by atoms with Crippen molar-refractivity contribution in [2.75, 3.05) is 32.7 Å². The third kappa shape index (κ3) is 2.88. The van der Waals surface area contributed by atoms with Crippen molar-refractivity contribution in [1.29, 1.82) is 0 Å². The third-order valence-electron chi connectivity index (χ3n) is 3.91. The molecule has 2 fully saturated rings. The van der Waals surface area contributed by atoms with Crippen molar-refractivity contribution in [3.63, 3.8) is 0 Å². The van der Waals surface area contributed by atoms with Gasteiger partial charge >= 0.3 is 0 Å². The molecule has 2 atom stereocenters. The maximum Gasteiger partial charge on any atom is 0.255 e. The lowest BCUT2D eigenvalue weighted by atomic mass is 10.1. The van der Waals surface area contributed by atoms with Gasteiger partial charge in [-0.05, 0) is 12.0 Å². The van der Waals surface area contributed by atoms with E-state index < -0.39 is 0 Å². The number of nitrogens with zero attached hydrogens (tertiary/aromatic N) is 2. The Balaban J connectivity index is 1.63. The van der Waals surface area contributed by atoms with Crippen LogP contribution in [0.15, 0.2) is 18.5 Å². The quantitative estimate of drug-likeness (QED) is 0.903. The largest absolute Gasteiger partial charge is 0.369 e. The first-order valence-corrected chi connectivity index (χ1v) is 7.41. The maximum absolute atomic E-state index is 12.4. The summed E-state index contributed by atoms with van der Waals surface area (Å²) in [6.45, 7) is 8.88. The second kappa shape index (κ2) is 5.58. The zero-order valence-corrected chi connectivity index (χ0v) is 12.2. The highest BCUT2D eigenvalue weighted by molar-refractivity contribution is 5.94. The molecule has 110 valence electrons. The van der Waals surface area contributed by atoms with Crippen molar-refractivity contribution >= 4 is 5.91 Å². The molecule has 2 saturated heterocycles. The van der Waals surface area contributed by atoms with Gasteiger partial charge in [0.2, 0.25) is 0 Å². The monoisotopic (exact) mass is 277 g/mol. The number of H-pyrrole nitrogens is 1. The molecule has 0 saturated carbocycles. The Labute approximate surface area is 119 Å². The SMILES string of the molecule is CC(C)CN1CC2CN(C(=O)c3cc[nH]c3)CC(C1)O2. The first-order chi connectivity index (χ1) is 9.61. The van der Waals surface area contributed by atoms with Gasteiger partial charge in [0.25, 0.3) is 5.91 Å². The molecule has 3 rings (SSSR count). The molecule has 2 aliphatic rings. The summed E-state index contributed by atoms with van der Waals surface area (Å²) in [6.07, 6.45) is 3.87. The van der Waals surface area contributed by atoms with E-state index in [-0.39, 0.29) is 18.1 Å². The van der Waals surface area contributed by atoms with Crippen LogP contribution in [0.25, 0.3) is 0 Å². The fourth-order valence-electron chi connectivity index (χ4n) is 3.25. The Bertz CT molecular complexity index is 444. The van der Waals surface area contributed by atoms with Gasteiger partial charge in [-0.15, -0.1) is 0 Å². The number of hydrogen-bond acceptors (Lipinski definition) is 3. The number of aromatic amines is 1. The highest BCUT2D eigenvalue weighted by Crippen LogP contribution is 2.21. The van der Waals surface area contributed by atoms with Crippen LogP contribution in [0, 0.1) is 5.92 Å². The summed E-state index contributed by atoms with van der Waals surface area (Å²) in [6, 6.07) is 1.83. The first kappa shape index (κ1) is 13.6. The smallest absolute Gasteiger partial charge is 0.255 e. The molecule has 0 aromatic carbocycles. The van der Waals surface area contributed by atoms with Crippen molar-refractivity contribution in [3.8, 4) is 0 Å². The zero-order valence-electron chi connectivity index (χ0n) is 12.2. The highest BCUT2D eigenvalue weighted by Gasteiger charge is 2.36. The molecule has 5 nitrogen and oxygen atoms in total. The Morgan fingerprint density at radius 3 is 2.60 bits per heavy atom. The van der Waals surface area contributed by atoms with E-state index in [0.717, 1.165) is 25.2 Å². The number of ether oxygens (including phenoxy) is 1. The molecule has 2 bridgehead atoms. The molecular formula is C15H23N3O2. The summed E-state index contributed by atoms with van der Waals surface area (Å²) in [5, 5.41) is 0. The number of hydrogen-bond donors (Lipinski definition) is 1. The molecule has 2 aliphatic heterocycles. The van der Waals surface area contributed by atoms with Crippen molar-refractivity contribution in [3.05, 3.63) is 24.0 Å². The van der Waals surface area contributed by atoms with Gasteiger partial charge in [-0.1, -0.05) is 13.8 Å². The van der Waals surface area contributed by atoms with Crippen molar-refractivity contribution in [2.45, 2.75) is 26.1 Å². The molecule has 3 heterocycles. The predicted octanol–water partition coefficient (Wildman–Crippen LogP) is 1.20. The van der Waals surface area contributed by atoms with Crippen molar-refractivity contribution in [1.82, 2.24) is 14.8 Å². The topological polar surface area (TPSA) is 48.6 Å². The summed E-state index contributed by atoms with van der Waals surface area (Å²) in [7, 11) is 0. The van der Waals surface area contributed by atoms with E-state index in [1.165, 1.54) is 0 Å². The Morgan fingerprint density at radius 1 is 1.35 bits per heavy atom. The summed E-state index contributed by atoms with van der Waals surface area (Å²) in [5.74, 6) is 0.785. The van der Waals surface area contributed by atoms with Crippen LogP contribution in [0.1, 0.15) is 24.2 Å². The fourth-order valence-corrected chi connectivity index (χ4v) is 3.25. The standard InChI is InChI=1S/C15H23N3O2/c1-11(2)6-17-7-13-9-18(10-14(8-17)20-13)15(19)12-3-4-16-5-12/h3-5,11,13-14,16H,6-10H2,1-2H3. The number of fused-ring (bicyclic) bond motifs is 2. The van der Waals surface area contributed by atoms with Gasteiger partial charge in [-0.2, -0.15) is 0 Å². The minimum Gasteiger partial charge on any atom is -0.369 e. The van der Waals surface area contributed by atoms with Gasteiger partial charge in [0.05, 0.1) is 17.8 Å². The number of rotatable bonds is 3. The summed E-state index contributed by atoms with van der Waals surface area (Å²) in [5.41, 5.74) is 0.740. The Morgan fingerprint density at radius 2 is 2.05 bits per heavy atom. The molecule has 0 aliphatic carbocycles. The number of aromatic nitrogens is 1. The van der Waals surface area contributed by atoms with Crippen LogP contribution >= 0.6 is 0 Å². The summed E-state index contributed by atoms with van der Waals surface area (Å²) >= 11 is 0. The summed E-state index contributed by atoms with van der Waals surface area (Å²) < 4.78 is 5.99. The second-order valence-electron chi connectivity index (χ2n) is 6.30. The lowest BCUT2D eigenvalue weighted by Gasteiger charge is -2.46. The number of carbonyl (C=O) groups excluding carboxylic acids is 1. The van der Waals surface area contributed by atoms with Gasteiger partial charge in [0, 0.05) is 45.1 Å². The van der Waals surface area contributed by atoms with Gasteiger partial charge in [-0.25, -0.2) is 0 Å². The van der Waals surface area contributed by atoms with Crippen molar-refractivity contribution < 1.29 is 9.53 Å². The maximum atomic E-state index is 12.4. The molecular weight excluding hydrogens is 254 g/mol. The number of morpholine rings is 2. The second-order valence-corrected chi connectivity index (χ2v) is 6.30. The Hall–Kier alpha value is -1.33. The number of carbonyl (C=O) groups is 1. The average Bonchev–Trinajstić information content (AvgIpc) is 2.89. The number of amides is 1. The average molecular weight is 277 g/mol. The molecule has 20 heavy (non-hydrogen) atoms. The zero-order chi connectivity index (χ0) is 14.1. The molecule has 5 heteroatoms. The molecule has 1 N–H and O–H groups in total. The van der Waals surface area contributed by atoms with Gasteiger partial charge in [0.1, 0.15) is 0 Å². The van der Waals surface area contributed by atoms with Crippen LogP contribution in [0.4, 0.5) is 0 Å². The fraction of sp³-hybridized carbons (Fsp3) is 0.667. The predicted molar refractivity (Wildman–Crippen MR) is 76.6 cm³/mol. The van der Waals surface area contributed by atoms with E-state index >= 15 is 0 Å². The highest BCUT2D eigenvalue weighted by atomic mass is 16.5. The van der Waals surface area contributed by atoms with Gasteiger partial charge < -0.3 is 14.6 Å². The molecule has 1 aromatic rings. The van der Waals surface area contributed by atoms with E-state index in [1.807, 2.05) is 11.0 Å². The van der Waals surface area contributed by atoms with Crippen LogP contribution in [-0.4, -0.2) is 65.6 Å². The van der Waals surface area contributed by atoms with Crippen LogP contribution in [0.5, 0.6) is 0 Å². The molecule has 1 amide bonds.